The average molecular weight is 973 g/mol. The zero-order chi connectivity index (χ0) is 50.7. The Hall–Kier alpha value is -10.0. The normalized spacial score (nSPS) is 11.6. The number of aromatic nitrogens is 6. The highest BCUT2D eigenvalue weighted by molar-refractivity contribution is 6.13. The van der Waals surface area contributed by atoms with Crippen molar-refractivity contribution >= 4 is 43.6 Å². The van der Waals surface area contributed by atoms with Crippen molar-refractivity contribution in [1.82, 2.24) is 29.1 Å². The summed E-state index contributed by atoms with van der Waals surface area (Å²) in [4.78, 5) is 20.1. The van der Waals surface area contributed by atoms with Gasteiger partial charge in [0, 0.05) is 79.1 Å². The fourth-order valence-electron chi connectivity index (χ4n) is 11.1. The molecule has 6 heteroatoms. The summed E-state index contributed by atoms with van der Waals surface area (Å²) >= 11 is 0. The number of pyridine rings is 4. The summed E-state index contributed by atoms with van der Waals surface area (Å²) < 4.78 is 4.87. The Morgan fingerprint density at radius 2 is 0.618 bits per heavy atom. The van der Waals surface area contributed by atoms with E-state index in [9.17, 15) is 0 Å². The second kappa shape index (κ2) is 18.5. The minimum atomic E-state index is 0.939. The first-order valence-electron chi connectivity index (χ1n) is 25.7. The van der Waals surface area contributed by atoms with Gasteiger partial charge in [-0.05, 0) is 84.1 Å². The summed E-state index contributed by atoms with van der Waals surface area (Å²) in [5.74, 6) is 0. The first-order valence-corrected chi connectivity index (χ1v) is 25.7. The molecule has 0 amide bonds. The Morgan fingerprint density at radius 1 is 0.263 bits per heavy atom. The third-order valence-electron chi connectivity index (χ3n) is 14.9. The first-order chi connectivity index (χ1) is 37.5. The lowest BCUT2D eigenvalue weighted by molar-refractivity contribution is 1.09. The second-order valence-corrected chi connectivity index (χ2v) is 19.7. The SMILES string of the molecule is Cc1cccc(-c2c(-n3c4cc(C)ccc4c4ccc(-c5ccc(-c6ccccc6)nc5)cc43)cncc2-n2c3cc(-c4ccc(-c5ccccc5)nc4)ccc3c3ccc(-c4ccc(-c5ccccc5)nc4)cc32)c1. The van der Waals surface area contributed by atoms with Crippen LogP contribution in [0.3, 0.4) is 0 Å². The summed E-state index contributed by atoms with van der Waals surface area (Å²) in [6, 6.07) is 80.1. The van der Waals surface area contributed by atoms with Gasteiger partial charge in [0.1, 0.15) is 0 Å². The molecule has 0 N–H and O–H groups in total. The molecule has 0 atom stereocenters. The highest BCUT2D eigenvalue weighted by atomic mass is 15.0. The molecule has 6 heterocycles. The Morgan fingerprint density at radius 3 is 1.00 bits per heavy atom. The van der Waals surface area contributed by atoms with Crippen LogP contribution in [0.2, 0.25) is 0 Å². The van der Waals surface area contributed by atoms with Gasteiger partial charge in [0.15, 0.2) is 0 Å². The van der Waals surface area contributed by atoms with Crippen LogP contribution in [0.4, 0.5) is 0 Å². The van der Waals surface area contributed by atoms with Crippen LogP contribution in [0, 0.1) is 13.8 Å². The molecule has 6 aromatic heterocycles. The van der Waals surface area contributed by atoms with Crippen LogP contribution in [0.15, 0.2) is 255 Å². The van der Waals surface area contributed by atoms with E-state index in [1.807, 2.05) is 36.8 Å². The monoisotopic (exact) mass is 972 g/mol. The van der Waals surface area contributed by atoms with Gasteiger partial charge in [-0.2, -0.15) is 0 Å². The van der Waals surface area contributed by atoms with Crippen molar-refractivity contribution in [3.05, 3.63) is 267 Å². The van der Waals surface area contributed by atoms with Crippen LogP contribution < -0.4 is 0 Å². The maximum absolute atomic E-state index is 5.24. The van der Waals surface area contributed by atoms with Crippen molar-refractivity contribution < 1.29 is 0 Å². The maximum Gasteiger partial charge on any atom is 0.0745 e. The Bertz CT molecular complexity index is 4340. The van der Waals surface area contributed by atoms with E-state index in [4.69, 9.17) is 19.9 Å². The van der Waals surface area contributed by atoms with Gasteiger partial charge in [-0.1, -0.05) is 188 Å². The maximum atomic E-state index is 5.24. The van der Waals surface area contributed by atoms with Crippen LogP contribution in [-0.4, -0.2) is 29.1 Å². The van der Waals surface area contributed by atoms with Crippen LogP contribution in [0.25, 0.3) is 133 Å². The van der Waals surface area contributed by atoms with Crippen molar-refractivity contribution in [2.45, 2.75) is 13.8 Å². The Kier molecular flexibility index (Phi) is 10.8. The van der Waals surface area contributed by atoms with Gasteiger partial charge in [0.25, 0.3) is 0 Å². The average Bonchev–Trinajstić information content (AvgIpc) is 4.11. The van der Waals surface area contributed by atoms with Crippen molar-refractivity contribution in [2.75, 3.05) is 0 Å². The smallest absolute Gasteiger partial charge is 0.0745 e. The van der Waals surface area contributed by atoms with Crippen LogP contribution >= 0.6 is 0 Å². The first kappa shape index (κ1) is 44.6. The molecule has 0 fully saturated rings. The lowest BCUT2D eigenvalue weighted by Gasteiger charge is -2.20. The fraction of sp³-hybridized carbons (Fsp3) is 0.0286. The fourth-order valence-corrected chi connectivity index (χ4v) is 11.1. The lowest BCUT2D eigenvalue weighted by atomic mass is 10.00. The van der Waals surface area contributed by atoms with E-state index < -0.39 is 0 Å². The molecular weight excluding hydrogens is 925 g/mol. The van der Waals surface area contributed by atoms with Crippen LogP contribution in [0.5, 0.6) is 0 Å². The minimum absolute atomic E-state index is 0.939. The number of fused-ring (bicyclic) bond motifs is 6. The van der Waals surface area contributed by atoms with E-state index >= 15 is 0 Å². The molecule has 0 aliphatic heterocycles. The lowest BCUT2D eigenvalue weighted by Crippen LogP contribution is -2.05. The third kappa shape index (κ3) is 7.83. The van der Waals surface area contributed by atoms with Crippen LogP contribution in [-0.2, 0) is 0 Å². The number of nitrogens with zero attached hydrogens (tertiary/aromatic N) is 6. The summed E-state index contributed by atoms with van der Waals surface area (Å²) in [7, 11) is 0. The molecule has 14 aromatic rings. The second-order valence-electron chi connectivity index (χ2n) is 19.7. The van der Waals surface area contributed by atoms with Gasteiger partial charge in [0.2, 0.25) is 0 Å². The van der Waals surface area contributed by atoms with Crippen molar-refractivity contribution in [1.29, 1.82) is 0 Å². The minimum Gasteiger partial charge on any atom is -0.307 e. The molecule has 0 unspecified atom stereocenters. The molecule has 0 aliphatic rings. The summed E-state index contributed by atoms with van der Waals surface area (Å²) in [6.45, 7) is 4.34. The number of hydrogen-bond donors (Lipinski definition) is 0. The molecule has 76 heavy (non-hydrogen) atoms. The summed E-state index contributed by atoms with van der Waals surface area (Å²) in [5.41, 5.74) is 23.2. The Balaban J connectivity index is 1.01. The zero-order valence-electron chi connectivity index (χ0n) is 41.9. The number of benzene rings is 8. The predicted octanol–water partition coefficient (Wildman–Crippen LogP) is 17.7. The molecule has 6 nitrogen and oxygen atoms in total. The molecule has 14 rings (SSSR count). The molecular formula is C70H48N6. The largest absolute Gasteiger partial charge is 0.307 e. The third-order valence-corrected chi connectivity index (χ3v) is 14.9. The quantitative estimate of drug-likeness (QED) is 0.145. The number of rotatable bonds is 9. The van der Waals surface area contributed by atoms with Gasteiger partial charge in [-0.15, -0.1) is 0 Å². The van der Waals surface area contributed by atoms with E-state index in [2.05, 4.69) is 242 Å². The molecule has 0 saturated heterocycles. The van der Waals surface area contributed by atoms with Crippen molar-refractivity contribution in [2.24, 2.45) is 0 Å². The highest BCUT2D eigenvalue weighted by Gasteiger charge is 2.24. The summed E-state index contributed by atoms with van der Waals surface area (Å²) in [5, 5.41) is 4.62. The number of hydrogen-bond acceptors (Lipinski definition) is 4. The number of aryl methyl sites for hydroxylation is 2. The molecule has 0 saturated carbocycles. The van der Waals surface area contributed by atoms with Crippen LogP contribution in [0.1, 0.15) is 11.1 Å². The van der Waals surface area contributed by atoms with E-state index in [0.717, 1.165) is 128 Å². The Labute approximate surface area is 440 Å². The van der Waals surface area contributed by atoms with Crippen molar-refractivity contribution in [3.63, 3.8) is 0 Å². The zero-order valence-corrected chi connectivity index (χ0v) is 41.9. The summed E-state index contributed by atoms with van der Waals surface area (Å²) in [6.07, 6.45) is 10.1. The van der Waals surface area contributed by atoms with E-state index in [0.29, 0.717) is 0 Å². The van der Waals surface area contributed by atoms with Gasteiger partial charge < -0.3 is 9.13 Å². The van der Waals surface area contributed by atoms with Gasteiger partial charge in [-0.3, -0.25) is 19.9 Å². The van der Waals surface area contributed by atoms with Gasteiger partial charge >= 0.3 is 0 Å². The molecule has 358 valence electrons. The molecule has 0 bridgehead atoms. The predicted molar refractivity (Wildman–Crippen MR) is 314 cm³/mol. The molecule has 8 aromatic carbocycles. The van der Waals surface area contributed by atoms with Crippen molar-refractivity contribution in [3.8, 4) is 89.7 Å². The van der Waals surface area contributed by atoms with E-state index in [1.165, 1.54) is 16.5 Å². The van der Waals surface area contributed by atoms with Gasteiger partial charge in [0.05, 0.1) is 62.9 Å². The molecule has 0 aliphatic carbocycles. The van der Waals surface area contributed by atoms with Gasteiger partial charge in [-0.25, -0.2) is 0 Å². The topological polar surface area (TPSA) is 61.4 Å². The van der Waals surface area contributed by atoms with E-state index in [1.54, 1.807) is 0 Å². The highest BCUT2D eigenvalue weighted by Crippen LogP contribution is 2.44. The standard InChI is InChI=1S/C70H48N6/c1-45-13-12-20-53(35-45)70-68(75-64-36-46(2)21-28-57(64)58-29-22-50(37-65(58)75)54-25-32-61(72-40-54)47-14-6-3-7-15-47)43-71-44-69(70)76-66-38-51(55-26-33-62(73-41-55)48-16-8-4-9-17-48)23-30-59(66)60-31-24-52(39-67(60)76)56-27-34-63(74-42-56)49-18-10-5-11-19-49/h3-44H,1-2H3. The molecule has 0 spiro atoms. The van der Waals surface area contributed by atoms with E-state index in [-0.39, 0.29) is 0 Å². The molecule has 0 radical (unpaired) electrons.